The normalized spacial score (nSPS) is 15.8. The Balaban J connectivity index is 2.12. The summed E-state index contributed by atoms with van der Waals surface area (Å²) in [6.45, 7) is 1.03. The van der Waals surface area contributed by atoms with Gasteiger partial charge in [0.2, 0.25) is 0 Å². The molecule has 1 heterocycles. The molecule has 0 aliphatic heterocycles. The molecule has 0 radical (unpaired) electrons. The highest BCUT2D eigenvalue weighted by Gasteiger charge is 2.15. The molecule has 3 heteroatoms. The highest BCUT2D eigenvalue weighted by atomic mass is 15.1. The fraction of sp³-hybridized carbons (Fsp3) is 0.700. The number of fused-ring (bicyclic) bond motifs is 1. The number of nitrogens with zero attached hydrogens (tertiary/aromatic N) is 1. The van der Waals surface area contributed by atoms with Crippen molar-refractivity contribution in [2.45, 2.75) is 32.1 Å². The fourth-order valence-corrected chi connectivity index (χ4v) is 2.00. The van der Waals surface area contributed by atoms with Gasteiger partial charge in [-0.2, -0.15) is 5.10 Å². The average Bonchev–Trinajstić information content (AvgIpc) is 2.58. The maximum atomic E-state index is 4.37. The molecule has 0 fully saturated rings. The highest BCUT2D eigenvalue weighted by molar-refractivity contribution is 5.27. The number of nitrogens with one attached hydrogen (secondary N) is 2. The molecule has 0 spiro atoms. The van der Waals surface area contributed by atoms with E-state index in [1.54, 1.807) is 0 Å². The molecule has 1 aliphatic carbocycles. The van der Waals surface area contributed by atoms with Gasteiger partial charge in [-0.15, -0.1) is 0 Å². The molecule has 0 bridgehead atoms. The second-order valence-corrected chi connectivity index (χ2v) is 3.69. The third-order valence-electron chi connectivity index (χ3n) is 2.75. The minimum atomic E-state index is 1.03. The van der Waals surface area contributed by atoms with Crippen LogP contribution in [0.3, 0.4) is 0 Å². The zero-order chi connectivity index (χ0) is 9.10. The first kappa shape index (κ1) is 8.75. The first-order chi connectivity index (χ1) is 6.42. The number of rotatable bonds is 3. The third-order valence-corrected chi connectivity index (χ3v) is 2.75. The minimum Gasteiger partial charge on any atom is -0.319 e. The van der Waals surface area contributed by atoms with Crippen molar-refractivity contribution >= 4 is 0 Å². The van der Waals surface area contributed by atoms with Crippen molar-refractivity contribution in [3.63, 3.8) is 0 Å². The molecule has 1 aromatic heterocycles. The quantitative estimate of drug-likeness (QED) is 0.728. The van der Waals surface area contributed by atoms with E-state index in [0.29, 0.717) is 0 Å². The summed E-state index contributed by atoms with van der Waals surface area (Å²) in [6.07, 6.45) is 6.13. The van der Waals surface area contributed by atoms with Crippen molar-refractivity contribution < 1.29 is 0 Å². The molecule has 0 unspecified atom stereocenters. The van der Waals surface area contributed by atoms with Gasteiger partial charge in [-0.25, -0.2) is 0 Å². The number of aromatic amines is 1. The zero-order valence-corrected chi connectivity index (χ0v) is 8.19. The first-order valence-corrected chi connectivity index (χ1v) is 5.11. The lowest BCUT2D eigenvalue weighted by Gasteiger charge is -2.10. The van der Waals surface area contributed by atoms with Crippen molar-refractivity contribution in [3.05, 3.63) is 17.0 Å². The van der Waals surface area contributed by atoms with Gasteiger partial charge in [0.15, 0.2) is 0 Å². The summed E-state index contributed by atoms with van der Waals surface area (Å²) < 4.78 is 0. The first-order valence-electron chi connectivity index (χ1n) is 5.11. The largest absolute Gasteiger partial charge is 0.319 e. The van der Waals surface area contributed by atoms with Gasteiger partial charge in [0.25, 0.3) is 0 Å². The Morgan fingerprint density at radius 3 is 3.08 bits per heavy atom. The van der Waals surface area contributed by atoms with Crippen molar-refractivity contribution in [1.29, 1.82) is 0 Å². The number of H-pyrrole nitrogens is 1. The summed E-state index contributed by atoms with van der Waals surface area (Å²) in [5.41, 5.74) is 4.17. The minimum absolute atomic E-state index is 1.03. The number of hydrogen-bond donors (Lipinski definition) is 2. The third kappa shape index (κ3) is 1.75. The van der Waals surface area contributed by atoms with Crippen LogP contribution in [0, 0.1) is 0 Å². The van der Waals surface area contributed by atoms with Crippen LogP contribution >= 0.6 is 0 Å². The summed E-state index contributed by atoms with van der Waals surface area (Å²) in [4.78, 5) is 0. The summed E-state index contributed by atoms with van der Waals surface area (Å²) >= 11 is 0. The van der Waals surface area contributed by atoms with Crippen molar-refractivity contribution in [1.82, 2.24) is 15.5 Å². The van der Waals surface area contributed by atoms with Crippen LogP contribution in [0.5, 0.6) is 0 Å². The van der Waals surface area contributed by atoms with Crippen molar-refractivity contribution in [2.24, 2.45) is 0 Å². The van der Waals surface area contributed by atoms with Crippen LogP contribution in [-0.4, -0.2) is 23.8 Å². The standard InChI is InChI=1S/C10H17N3/c1-11-7-6-10-8-4-2-3-5-9(8)12-13-10/h11H,2-7H2,1H3,(H,12,13). The lowest BCUT2D eigenvalue weighted by Crippen LogP contribution is -2.12. The second-order valence-electron chi connectivity index (χ2n) is 3.69. The Labute approximate surface area is 78.9 Å². The maximum absolute atomic E-state index is 4.37. The number of aryl methyl sites for hydroxylation is 1. The topological polar surface area (TPSA) is 40.7 Å². The highest BCUT2D eigenvalue weighted by Crippen LogP contribution is 2.21. The summed E-state index contributed by atoms with van der Waals surface area (Å²) in [5, 5.41) is 10.7. The lowest BCUT2D eigenvalue weighted by molar-refractivity contribution is 0.670. The lowest BCUT2D eigenvalue weighted by atomic mass is 9.95. The van der Waals surface area contributed by atoms with Gasteiger partial charge in [-0.3, -0.25) is 5.10 Å². The van der Waals surface area contributed by atoms with Gasteiger partial charge in [-0.05, 0) is 38.3 Å². The molecule has 0 amide bonds. The van der Waals surface area contributed by atoms with E-state index in [0.717, 1.165) is 13.0 Å². The van der Waals surface area contributed by atoms with Gasteiger partial charge in [0.05, 0.1) is 5.69 Å². The van der Waals surface area contributed by atoms with Crippen LogP contribution in [-0.2, 0) is 19.3 Å². The number of hydrogen-bond acceptors (Lipinski definition) is 2. The summed E-state index contributed by atoms with van der Waals surface area (Å²) in [6, 6.07) is 0. The second kappa shape index (κ2) is 3.92. The van der Waals surface area contributed by atoms with Gasteiger partial charge in [0, 0.05) is 18.7 Å². The van der Waals surface area contributed by atoms with Gasteiger partial charge in [0.1, 0.15) is 0 Å². The zero-order valence-electron chi connectivity index (χ0n) is 8.19. The Hall–Kier alpha value is -0.830. The van der Waals surface area contributed by atoms with Crippen LogP contribution in [0.1, 0.15) is 29.8 Å². The molecule has 1 aromatic rings. The van der Waals surface area contributed by atoms with Crippen LogP contribution in [0.15, 0.2) is 0 Å². The van der Waals surface area contributed by atoms with E-state index in [-0.39, 0.29) is 0 Å². The van der Waals surface area contributed by atoms with E-state index < -0.39 is 0 Å². The predicted octanol–water partition coefficient (Wildman–Crippen LogP) is 1.05. The molecule has 2 rings (SSSR count). The molecule has 13 heavy (non-hydrogen) atoms. The van der Waals surface area contributed by atoms with E-state index in [1.807, 2.05) is 7.05 Å². The van der Waals surface area contributed by atoms with Crippen molar-refractivity contribution in [3.8, 4) is 0 Å². The van der Waals surface area contributed by atoms with Crippen LogP contribution in [0.2, 0.25) is 0 Å². The fourth-order valence-electron chi connectivity index (χ4n) is 2.00. The molecular formula is C10H17N3. The van der Waals surface area contributed by atoms with Crippen LogP contribution in [0.4, 0.5) is 0 Å². The molecular weight excluding hydrogens is 162 g/mol. The SMILES string of the molecule is CNCCc1n[nH]c2c1CCCC2. The van der Waals surface area contributed by atoms with Gasteiger partial charge in [-0.1, -0.05) is 0 Å². The van der Waals surface area contributed by atoms with E-state index in [2.05, 4.69) is 15.5 Å². The van der Waals surface area contributed by atoms with Gasteiger partial charge >= 0.3 is 0 Å². The van der Waals surface area contributed by atoms with Gasteiger partial charge < -0.3 is 5.32 Å². The smallest absolute Gasteiger partial charge is 0.0669 e. The summed E-state index contributed by atoms with van der Waals surface area (Å²) in [7, 11) is 1.99. The summed E-state index contributed by atoms with van der Waals surface area (Å²) in [5.74, 6) is 0. The Bertz CT molecular complexity index is 278. The van der Waals surface area contributed by atoms with Crippen LogP contribution < -0.4 is 5.32 Å². The molecule has 1 aliphatic rings. The van der Waals surface area contributed by atoms with E-state index in [1.165, 1.54) is 42.6 Å². The number of aromatic nitrogens is 2. The molecule has 0 atom stereocenters. The number of likely N-dealkylation sites (N-methyl/N-ethyl adjacent to an activating group) is 1. The van der Waals surface area contributed by atoms with Crippen LogP contribution in [0.25, 0.3) is 0 Å². The van der Waals surface area contributed by atoms with E-state index >= 15 is 0 Å². The van der Waals surface area contributed by atoms with E-state index in [9.17, 15) is 0 Å². The van der Waals surface area contributed by atoms with E-state index in [4.69, 9.17) is 0 Å². The predicted molar refractivity (Wildman–Crippen MR) is 52.9 cm³/mol. The maximum Gasteiger partial charge on any atom is 0.0669 e. The van der Waals surface area contributed by atoms with Crippen molar-refractivity contribution in [2.75, 3.05) is 13.6 Å². The molecule has 72 valence electrons. The molecule has 3 nitrogen and oxygen atoms in total. The average molecular weight is 179 g/mol. The monoisotopic (exact) mass is 179 g/mol. The molecule has 0 saturated carbocycles. The Kier molecular flexibility index (Phi) is 2.64. The molecule has 0 saturated heterocycles. The molecule has 0 aromatic carbocycles. The molecule has 2 N–H and O–H groups in total. The Morgan fingerprint density at radius 1 is 1.38 bits per heavy atom. The Morgan fingerprint density at radius 2 is 2.23 bits per heavy atom.